The van der Waals surface area contributed by atoms with Crippen molar-refractivity contribution in [1.82, 2.24) is 9.80 Å². The summed E-state index contributed by atoms with van der Waals surface area (Å²) in [5, 5.41) is 0.184. The molecule has 0 spiro atoms. The Kier molecular flexibility index (Phi) is 16.6. The van der Waals surface area contributed by atoms with Crippen LogP contribution in [0.1, 0.15) is 176 Å². The van der Waals surface area contributed by atoms with Gasteiger partial charge in [-0.3, -0.25) is 14.5 Å². The van der Waals surface area contributed by atoms with Gasteiger partial charge in [-0.15, -0.1) is 0 Å². The average molecular weight is 715 g/mol. The molecule has 0 aromatic heterocycles. The molecule has 1 amide bonds. The Labute approximate surface area is 313 Å². The zero-order valence-corrected chi connectivity index (χ0v) is 34.7. The normalized spacial score (nSPS) is 31.2. The van der Waals surface area contributed by atoms with Crippen LogP contribution in [-0.2, 0) is 9.53 Å². The van der Waals surface area contributed by atoms with E-state index in [4.69, 9.17) is 4.74 Å². The minimum absolute atomic E-state index is 0.0195. The Morgan fingerprint density at radius 2 is 1.60 bits per heavy atom. The van der Waals surface area contributed by atoms with Gasteiger partial charge in [0.25, 0.3) is 5.24 Å². The van der Waals surface area contributed by atoms with Crippen LogP contribution >= 0.6 is 11.8 Å². The van der Waals surface area contributed by atoms with Gasteiger partial charge in [-0.05, 0) is 131 Å². The third-order valence-corrected chi connectivity index (χ3v) is 15.5. The van der Waals surface area contributed by atoms with E-state index in [-0.39, 0.29) is 34.5 Å². The third-order valence-electron chi connectivity index (χ3n) is 14.3. The summed E-state index contributed by atoms with van der Waals surface area (Å²) in [4.78, 5) is 30.5. The number of esters is 1. The summed E-state index contributed by atoms with van der Waals surface area (Å²) in [6.07, 6.45) is 28.4. The molecule has 6 heteroatoms. The van der Waals surface area contributed by atoms with E-state index in [2.05, 4.69) is 52.5 Å². The topological polar surface area (TPSA) is 49.9 Å². The molecular formula is C44H78N2O3S. The van der Waals surface area contributed by atoms with Gasteiger partial charge in [0.15, 0.2) is 0 Å². The predicted molar refractivity (Wildman–Crippen MR) is 213 cm³/mol. The van der Waals surface area contributed by atoms with Crippen molar-refractivity contribution < 1.29 is 14.3 Å². The van der Waals surface area contributed by atoms with E-state index in [1.807, 2.05) is 19.0 Å². The van der Waals surface area contributed by atoms with Crippen molar-refractivity contribution >= 4 is 23.0 Å². The molecular weight excluding hydrogens is 637 g/mol. The van der Waals surface area contributed by atoms with Gasteiger partial charge in [0.2, 0.25) is 0 Å². The standard InChI is InChI=1S/C44H78N2O3S/c1-9-10-11-12-13-14-15-18-30-46(42(48)50-34(4)45(7)8)31-27-41(47)49-37-25-28-44(6)36(32-37)21-23-38-39-24-22-35(20-17-16-19-33(2)3)43(39,5)29-26-40(38)44/h21,33-35,37-40H,9-20,22-32H2,1-8H3/t34?,35-,37-,38-,39?,40?,43+,44-/m0/s1. The number of ether oxygens (including phenoxy) is 1. The quantitative estimate of drug-likeness (QED) is 0.0544. The van der Waals surface area contributed by atoms with E-state index in [9.17, 15) is 9.59 Å². The Morgan fingerprint density at radius 1 is 0.880 bits per heavy atom. The van der Waals surface area contributed by atoms with Crippen molar-refractivity contribution in [2.45, 2.75) is 188 Å². The number of fused-ring (bicyclic) bond motifs is 5. The zero-order chi connectivity index (χ0) is 36.3. The van der Waals surface area contributed by atoms with Crippen molar-refractivity contribution in [2.75, 3.05) is 27.2 Å². The van der Waals surface area contributed by atoms with E-state index < -0.39 is 0 Å². The number of unbranched alkanes of at least 4 members (excludes halogenated alkanes) is 8. The highest BCUT2D eigenvalue weighted by Crippen LogP contribution is 2.66. The molecule has 3 fully saturated rings. The highest BCUT2D eigenvalue weighted by Gasteiger charge is 2.58. The average Bonchev–Trinajstić information content (AvgIpc) is 3.41. The molecule has 0 N–H and O–H groups in total. The fraction of sp³-hybridized carbons (Fsp3) is 0.909. The molecule has 4 aliphatic carbocycles. The molecule has 3 unspecified atom stereocenters. The monoisotopic (exact) mass is 715 g/mol. The molecule has 0 aromatic carbocycles. The molecule has 288 valence electrons. The number of rotatable bonds is 20. The summed E-state index contributed by atoms with van der Waals surface area (Å²) in [5.41, 5.74) is 2.39. The highest BCUT2D eigenvalue weighted by molar-refractivity contribution is 8.13. The van der Waals surface area contributed by atoms with Gasteiger partial charge >= 0.3 is 5.97 Å². The maximum Gasteiger partial charge on any atom is 0.307 e. The minimum Gasteiger partial charge on any atom is -0.462 e. The SMILES string of the molecule is CCCCCCCCCCN(CCC(=O)O[C@H]1CC[C@@]2(C)C(=CC[C@@H]3C2CC[C@@]2(C)C3CC[C@@H]2CCCCC(C)C)C1)C(=O)SC(C)N(C)C. The van der Waals surface area contributed by atoms with Gasteiger partial charge in [0, 0.05) is 19.5 Å². The Morgan fingerprint density at radius 3 is 2.30 bits per heavy atom. The highest BCUT2D eigenvalue weighted by atomic mass is 32.2. The number of carbonyl (C=O) groups excluding carboxylic acids is 2. The fourth-order valence-corrected chi connectivity index (χ4v) is 11.6. The number of thioether (sulfide) groups is 1. The maximum atomic E-state index is 13.3. The lowest BCUT2D eigenvalue weighted by atomic mass is 9.47. The predicted octanol–water partition coefficient (Wildman–Crippen LogP) is 12.3. The Bertz CT molecular complexity index is 1090. The minimum atomic E-state index is -0.133. The first-order valence-corrected chi connectivity index (χ1v) is 22.3. The van der Waals surface area contributed by atoms with Gasteiger partial charge in [0.1, 0.15) is 6.10 Å². The molecule has 4 aliphatic rings. The van der Waals surface area contributed by atoms with Crippen LogP contribution in [0.15, 0.2) is 11.6 Å². The largest absolute Gasteiger partial charge is 0.462 e. The molecule has 0 aliphatic heterocycles. The second kappa shape index (κ2) is 19.9. The van der Waals surface area contributed by atoms with Gasteiger partial charge in [-0.2, -0.15) is 0 Å². The molecule has 0 radical (unpaired) electrons. The summed E-state index contributed by atoms with van der Waals surface area (Å²) in [7, 11) is 4.02. The van der Waals surface area contributed by atoms with E-state index >= 15 is 0 Å². The van der Waals surface area contributed by atoms with Crippen LogP contribution in [0.4, 0.5) is 4.79 Å². The molecule has 0 heterocycles. The zero-order valence-electron chi connectivity index (χ0n) is 33.9. The van der Waals surface area contributed by atoms with Crippen molar-refractivity contribution in [1.29, 1.82) is 0 Å². The fourth-order valence-electron chi connectivity index (χ4n) is 10.8. The summed E-state index contributed by atoms with van der Waals surface area (Å²) >= 11 is 1.37. The molecule has 0 saturated heterocycles. The van der Waals surface area contributed by atoms with Crippen LogP contribution in [-0.4, -0.2) is 59.7 Å². The van der Waals surface area contributed by atoms with Gasteiger partial charge in [0.05, 0.1) is 11.8 Å². The molecule has 4 rings (SSSR count). The summed E-state index contributed by atoms with van der Waals surface area (Å²) in [6.45, 7) is 15.5. The van der Waals surface area contributed by atoms with Crippen LogP contribution in [0.25, 0.3) is 0 Å². The first kappa shape index (κ1) is 41.7. The molecule has 50 heavy (non-hydrogen) atoms. The van der Waals surface area contributed by atoms with Gasteiger partial charge < -0.3 is 9.64 Å². The lowest BCUT2D eigenvalue weighted by molar-refractivity contribution is -0.151. The van der Waals surface area contributed by atoms with Crippen LogP contribution < -0.4 is 0 Å². The summed E-state index contributed by atoms with van der Waals surface area (Å²) in [6, 6.07) is 0. The lowest BCUT2D eigenvalue weighted by Gasteiger charge is -2.58. The first-order chi connectivity index (χ1) is 23.9. The first-order valence-electron chi connectivity index (χ1n) is 21.4. The molecule has 0 aromatic rings. The summed E-state index contributed by atoms with van der Waals surface area (Å²) < 4.78 is 6.19. The third kappa shape index (κ3) is 11.0. The second-order valence-electron chi connectivity index (χ2n) is 18.3. The molecule has 0 bridgehead atoms. The van der Waals surface area contributed by atoms with Crippen molar-refractivity contribution in [3.63, 3.8) is 0 Å². The van der Waals surface area contributed by atoms with Gasteiger partial charge in [-0.25, -0.2) is 0 Å². The van der Waals surface area contributed by atoms with Gasteiger partial charge in [-0.1, -0.05) is 110 Å². The van der Waals surface area contributed by atoms with E-state index in [1.165, 1.54) is 108 Å². The van der Waals surface area contributed by atoms with Crippen LogP contribution in [0.5, 0.6) is 0 Å². The van der Waals surface area contributed by atoms with Crippen LogP contribution in [0.2, 0.25) is 0 Å². The second-order valence-corrected chi connectivity index (χ2v) is 19.5. The molecule has 5 nitrogen and oxygen atoms in total. The number of nitrogens with zero attached hydrogens (tertiary/aromatic N) is 2. The summed E-state index contributed by atoms with van der Waals surface area (Å²) in [5.74, 6) is 4.13. The van der Waals surface area contributed by atoms with E-state index in [1.54, 1.807) is 5.57 Å². The number of allylic oxidation sites excluding steroid dienone is 1. The maximum absolute atomic E-state index is 13.3. The Balaban J connectivity index is 1.27. The van der Waals surface area contributed by atoms with E-state index in [0.29, 0.717) is 12.0 Å². The van der Waals surface area contributed by atoms with Crippen molar-refractivity contribution in [3.8, 4) is 0 Å². The smallest absolute Gasteiger partial charge is 0.307 e. The van der Waals surface area contributed by atoms with E-state index in [0.717, 1.165) is 68.2 Å². The van der Waals surface area contributed by atoms with Crippen molar-refractivity contribution in [2.24, 2.45) is 40.4 Å². The Hall–Kier alpha value is -1.01. The van der Waals surface area contributed by atoms with Crippen LogP contribution in [0, 0.1) is 40.4 Å². The number of amides is 1. The lowest BCUT2D eigenvalue weighted by Crippen LogP contribution is -2.50. The molecule has 8 atom stereocenters. The molecule has 3 saturated carbocycles. The number of hydrogen-bond donors (Lipinski definition) is 0. The van der Waals surface area contributed by atoms with Crippen LogP contribution in [0.3, 0.4) is 0 Å². The number of carbonyl (C=O) groups is 2. The number of hydrogen-bond acceptors (Lipinski definition) is 5. The van der Waals surface area contributed by atoms with Crippen molar-refractivity contribution in [3.05, 3.63) is 11.6 Å².